The first-order valence-electron chi connectivity index (χ1n) is 12.1. The van der Waals surface area contributed by atoms with Crippen LogP contribution in [0.1, 0.15) is 44.4 Å². The highest BCUT2D eigenvalue weighted by molar-refractivity contribution is 5.89. The molecule has 2 amide bonds. The van der Waals surface area contributed by atoms with Crippen molar-refractivity contribution < 1.29 is 18.4 Å². The number of para-hydroxylation sites is 1. The molecule has 37 heavy (non-hydrogen) atoms. The predicted octanol–water partition coefficient (Wildman–Crippen LogP) is 4.78. The number of rotatable bonds is 9. The summed E-state index contributed by atoms with van der Waals surface area (Å²) in [5.74, 6) is -2.03. The maximum Gasteiger partial charge on any atom is 0.247 e. The van der Waals surface area contributed by atoms with Crippen molar-refractivity contribution in [3.05, 3.63) is 95.6 Å². The SMILES string of the molecule is CCC(C)(C)NC(=O)[C@@H](c1ccccc1F)N(Cc1ccc(F)cc1)C(=O)Cn1nnc2ccccc21. The van der Waals surface area contributed by atoms with Crippen molar-refractivity contribution in [2.45, 2.75) is 51.9 Å². The van der Waals surface area contributed by atoms with Crippen LogP contribution in [0.2, 0.25) is 0 Å². The van der Waals surface area contributed by atoms with E-state index >= 15 is 4.39 Å². The van der Waals surface area contributed by atoms with Crippen molar-refractivity contribution in [1.82, 2.24) is 25.2 Å². The van der Waals surface area contributed by atoms with Crippen LogP contribution in [0, 0.1) is 11.6 Å². The van der Waals surface area contributed by atoms with E-state index in [0.29, 0.717) is 23.0 Å². The van der Waals surface area contributed by atoms with Crippen molar-refractivity contribution in [3.8, 4) is 0 Å². The summed E-state index contributed by atoms with van der Waals surface area (Å²) in [5.41, 5.74) is 1.32. The molecule has 0 unspecified atom stereocenters. The second-order valence-electron chi connectivity index (χ2n) is 9.53. The van der Waals surface area contributed by atoms with Gasteiger partial charge >= 0.3 is 0 Å². The first kappa shape index (κ1) is 25.9. The third kappa shape index (κ3) is 5.99. The van der Waals surface area contributed by atoms with Crippen LogP contribution in [0.25, 0.3) is 11.0 Å². The number of carbonyl (C=O) groups excluding carboxylic acids is 2. The fraction of sp³-hybridized carbons (Fsp3) is 0.286. The third-order valence-electron chi connectivity index (χ3n) is 6.40. The van der Waals surface area contributed by atoms with Gasteiger partial charge < -0.3 is 10.2 Å². The lowest BCUT2D eigenvalue weighted by molar-refractivity contribution is -0.143. The molecule has 1 heterocycles. The number of aromatic nitrogens is 3. The molecule has 1 aromatic heterocycles. The molecule has 0 spiro atoms. The van der Waals surface area contributed by atoms with Crippen LogP contribution in [-0.2, 0) is 22.7 Å². The molecule has 0 bridgehead atoms. The number of halogens is 2. The van der Waals surface area contributed by atoms with E-state index in [0.717, 1.165) is 0 Å². The molecule has 0 aliphatic rings. The molecular weight excluding hydrogens is 476 g/mol. The van der Waals surface area contributed by atoms with E-state index < -0.39 is 35.0 Å². The Labute approximate surface area is 214 Å². The van der Waals surface area contributed by atoms with Gasteiger partial charge in [-0.25, -0.2) is 13.5 Å². The molecule has 0 aliphatic heterocycles. The van der Waals surface area contributed by atoms with Gasteiger partial charge in [-0.1, -0.05) is 54.6 Å². The molecule has 0 saturated carbocycles. The zero-order valence-corrected chi connectivity index (χ0v) is 21.0. The van der Waals surface area contributed by atoms with Crippen LogP contribution in [0.15, 0.2) is 72.8 Å². The topological polar surface area (TPSA) is 80.1 Å². The van der Waals surface area contributed by atoms with Gasteiger partial charge in [0.25, 0.3) is 0 Å². The average Bonchev–Trinajstić information content (AvgIpc) is 3.28. The standard InChI is InChI=1S/C28H29F2N5O2/c1-4-28(2,3)31-27(37)26(21-9-5-6-10-22(21)30)34(17-19-13-15-20(29)16-14-19)25(36)18-35-24-12-8-7-11-23(24)32-33-35/h5-16,26H,4,17-18H2,1-3H3,(H,31,37)/t26-/m1/s1. The summed E-state index contributed by atoms with van der Waals surface area (Å²) in [6.45, 7) is 5.37. The number of hydrogen-bond acceptors (Lipinski definition) is 4. The predicted molar refractivity (Wildman–Crippen MR) is 136 cm³/mol. The van der Waals surface area contributed by atoms with Crippen molar-refractivity contribution in [2.75, 3.05) is 0 Å². The number of amides is 2. The highest BCUT2D eigenvalue weighted by atomic mass is 19.1. The van der Waals surface area contributed by atoms with Crippen molar-refractivity contribution in [3.63, 3.8) is 0 Å². The van der Waals surface area contributed by atoms with Crippen LogP contribution in [0.3, 0.4) is 0 Å². The lowest BCUT2D eigenvalue weighted by Gasteiger charge is -2.34. The van der Waals surface area contributed by atoms with Crippen LogP contribution < -0.4 is 5.32 Å². The van der Waals surface area contributed by atoms with Gasteiger partial charge in [0.15, 0.2) is 0 Å². The monoisotopic (exact) mass is 505 g/mol. The zero-order valence-electron chi connectivity index (χ0n) is 21.0. The van der Waals surface area contributed by atoms with E-state index in [9.17, 15) is 14.0 Å². The van der Waals surface area contributed by atoms with Gasteiger partial charge in [0.05, 0.1) is 5.52 Å². The molecule has 0 saturated heterocycles. The first-order valence-corrected chi connectivity index (χ1v) is 12.1. The van der Waals surface area contributed by atoms with Gasteiger partial charge in [0, 0.05) is 17.6 Å². The van der Waals surface area contributed by atoms with E-state index in [-0.39, 0.29) is 18.7 Å². The molecule has 9 heteroatoms. The van der Waals surface area contributed by atoms with Crippen LogP contribution in [0.4, 0.5) is 8.78 Å². The molecule has 3 aromatic carbocycles. The highest BCUT2D eigenvalue weighted by Crippen LogP contribution is 2.28. The summed E-state index contributed by atoms with van der Waals surface area (Å²) in [6, 6.07) is 17.4. The minimum Gasteiger partial charge on any atom is -0.349 e. The smallest absolute Gasteiger partial charge is 0.247 e. The summed E-state index contributed by atoms with van der Waals surface area (Å²) in [6.07, 6.45) is 0.625. The summed E-state index contributed by atoms with van der Waals surface area (Å²) in [5, 5.41) is 11.2. The summed E-state index contributed by atoms with van der Waals surface area (Å²) in [7, 11) is 0. The van der Waals surface area contributed by atoms with E-state index in [1.54, 1.807) is 18.2 Å². The lowest BCUT2D eigenvalue weighted by Crippen LogP contribution is -2.50. The quantitative estimate of drug-likeness (QED) is 0.355. The van der Waals surface area contributed by atoms with Gasteiger partial charge in [-0.3, -0.25) is 9.59 Å². The summed E-state index contributed by atoms with van der Waals surface area (Å²) >= 11 is 0. The molecule has 1 atom stereocenters. The minimum atomic E-state index is -1.28. The van der Waals surface area contributed by atoms with Gasteiger partial charge in [-0.2, -0.15) is 0 Å². The molecule has 0 radical (unpaired) electrons. The number of nitrogens with zero attached hydrogens (tertiary/aromatic N) is 4. The Morgan fingerprint density at radius 3 is 2.38 bits per heavy atom. The highest BCUT2D eigenvalue weighted by Gasteiger charge is 2.35. The van der Waals surface area contributed by atoms with Crippen molar-refractivity contribution >= 4 is 22.8 Å². The largest absolute Gasteiger partial charge is 0.349 e. The molecule has 1 N–H and O–H groups in total. The molecule has 192 valence electrons. The zero-order chi connectivity index (χ0) is 26.6. The Bertz CT molecular complexity index is 1400. The van der Waals surface area contributed by atoms with Crippen molar-refractivity contribution in [1.29, 1.82) is 0 Å². The van der Waals surface area contributed by atoms with Gasteiger partial charge in [-0.05, 0) is 56.2 Å². The normalized spacial score (nSPS) is 12.4. The summed E-state index contributed by atoms with van der Waals surface area (Å²) < 4.78 is 30.2. The summed E-state index contributed by atoms with van der Waals surface area (Å²) in [4.78, 5) is 28.9. The third-order valence-corrected chi connectivity index (χ3v) is 6.40. The fourth-order valence-electron chi connectivity index (χ4n) is 4.00. The van der Waals surface area contributed by atoms with Crippen LogP contribution >= 0.6 is 0 Å². The maximum absolute atomic E-state index is 15.1. The Kier molecular flexibility index (Phi) is 7.61. The number of carbonyl (C=O) groups is 2. The number of benzene rings is 3. The second-order valence-corrected chi connectivity index (χ2v) is 9.53. The Balaban J connectivity index is 1.78. The second kappa shape index (κ2) is 10.9. The van der Waals surface area contributed by atoms with E-state index in [2.05, 4.69) is 15.6 Å². The minimum absolute atomic E-state index is 0.0509. The van der Waals surface area contributed by atoms with Gasteiger partial charge in [0.1, 0.15) is 29.7 Å². The van der Waals surface area contributed by atoms with E-state index in [4.69, 9.17) is 0 Å². The van der Waals surface area contributed by atoms with Crippen molar-refractivity contribution in [2.24, 2.45) is 0 Å². The average molecular weight is 506 g/mol. The first-order chi connectivity index (χ1) is 17.7. The molecule has 0 fully saturated rings. The van der Waals surface area contributed by atoms with E-state index in [1.807, 2.05) is 32.9 Å². The number of fused-ring (bicyclic) bond motifs is 1. The number of nitrogens with one attached hydrogen (secondary N) is 1. The molecule has 4 rings (SSSR count). The van der Waals surface area contributed by atoms with Gasteiger partial charge in [0.2, 0.25) is 11.8 Å². The van der Waals surface area contributed by atoms with Crippen LogP contribution in [-0.4, -0.2) is 37.2 Å². The Hall–Kier alpha value is -4.14. The maximum atomic E-state index is 15.1. The lowest BCUT2D eigenvalue weighted by atomic mass is 9.98. The van der Waals surface area contributed by atoms with Gasteiger partial charge in [-0.15, -0.1) is 5.10 Å². The molecule has 0 aliphatic carbocycles. The molecule has 7 nitrogen and oxygen atoms in total. The van der Waals surface area contributed by atoms with E-state index in [1.165, 1.54) is 52.0 Å². The fourth-order valence-corrected chi connectivity index (χ4v) is 4.00. The Morgan fingerprint density at radius 1 is 1.00 bits per heavy atom. The van der Waals surface area contributed by atoms with Crippen LogP contribution in [0.5, 0.6) is 0 Å². The molecule has 4 aromatic rings. The Morgan fingerprint density at radius 2 is 1.68 bits per heavy atom. The molecular formula is C28H29F2N5O2. The number of hydrogen-bond donors (Lipinski definition) is 1.